The first-order valence-corrected chi connectivity index (χ1v) is 8.92. The highest BCUT2D eigenvalue weighted by Gasteiger charge is 2.30. The van der Waals surface area contributed by atoms with E-state index < -0.39 is 0 Å². The minimum Gasteiger partial charge on any atom is -0.0645 e. The molecule has 0 radical (unpaired) electrons. The Labute approximate surface area is 141 Å². The van der Waals surface area contributed by atoms with Crippen molar-refractivity contribution in [2.24, 2.45) is 0 Å². The van der Waals surface area contributed by atoms with E-state index in [1.54, 1.807) is 0 Å². The molecule has 0 nitrogen and oxygen atoms in total. The highest BCUT2D eigenvalue weighted by molar-refractivity contribution is 5.79. The molecule has 1 aliphatic carbocycles. The molecule has 23 heavy (non-hydrogen) atoms. The lowest BCUT2D eigenvalue weighted by Crippen LogP contribution is -2.12. The largest absolute Gasteiger partial charge is 0.0645 e. The predicted molar refractivity (Wildman–Crippen MR) is 101 cm³/mol. The van der Waals surface area contributed by atoms with Gasteiger partial charge >= 0.3 is 0 Å². The second kappa shape index (κ2) is 5.23. The van der Waals surface area contributed by atoms with Crippen LogP contribution in [0.3, 0.4) is 0 Å². The van der Waals surface area contributed by atoms with Crippen LogP contribution in [0.4, 0.5) is 0 Å². The van der Waals surface area contributed by atoms with Gasteiger partial charge in [0.1, 0.15) is 0 Å². The minimum atomic E-state index is 0.207. The summed E-state index contributed by atoms with van der Waals surface area (Å²) < 4.78 is 0. The quantitative estimate of drug-likeness (QED) is 0.543. The summed E-state index contributed by atoms with van der Waals surface area (Å²) in [6.45, 7) is 16.1. The topological polar surface area (TPSA) is 0 Å². The molecule has 2 aromatic rings. The van der Waals surface area contributed by atoms with Crippen molar-refractivity contribution < 1.29 is 0 Å². The van der Waals surface area contributed by atoms with Gasteiger partial charge in [-0.15, -0.1) is 0 Å². The normalized spacial score (nSPS) is 14.7. The molecule has 0 spiro atoms. The molecule has 0 unspecified atom stereocenters. The van der Waals surface area contributed by atoms with Crippen LogP contribution < -0.4 is 0 Å². The van der Waals surface area contributed by atoms with Crippen LogP contribution in [0.15, 0.2) is 36.4 Å². The Bertz CT molecular complexity index is 672. The maximum absolute atomic E-state index is 2.46. The van der Waals surface area contributed by atoms with Crippen molar-refractivity contribution in [2.45, 2.75) is 71.6 Å². The van der Waals surface area contributed by atoms with E-state index in [0.29, 0.717) is 5.92 Å². The van der Waals surface area contributed by atoms with Crippen molar-refractivity contribution >= 4 is 0 Å². The van der Waals surface area contributed by atoms with Gasteiger partial charge in [0.25, 0.3) is 0 Å². The van der Waals surface area contributed by atoms with E-state index in [0.717, 1.165) is 0 Å². The van der Waals surface area contributed by atoms with Crippen LogP contribution in [0.5, 0.6) is 0 Å². The highest BCUT2D eigenvalue weighted by atomic mass is 14.3. The lowest BCUT2D eigenvalue weighted by molar-refractivity contribution is 0.587. The number of benzene rings is 2. The smallest absolute Gasteiger partial charge is 0.00992 e. The molecule has 0 N–H and O–H groups in total. The predicted octanol–water partition coefficient (Wildman–Crippen LogP) is 6.80. The third kappa shape index (κ3) is 2.73. The van der Waals surface area contributed by atoms with Gasteiger partial charge in [0.2, 0.25) is 0 Å². The summed E-state index contributed by atoms with van der Waals surface area (Å²) in [6, 6.07) is 14.2. The molecule has 3 rings (SSSR count). The fourth-order valence-electron chi connectivity index (χ4n) is 3.73. The summed E-state index contributed by atoms with van der Waals surface area (Å²) in [7, 11) is 0. The van der Waals surface area contributed by atoms with E-state index in [-0.39, 0.29) is 10.8 Å². The van der Waals surface area contributed by atoms with E-state index in [2.05, 4.69) is 84.9 Å². The van der Waals surface area contributed by atoms with Crippen LogP contribution in [-0.4, -0.2) is 0 Å². The van der Waals surface area contributed by atoms with Gasteiger partial charge < -0.3 is 0 Å². The Morgan fingerprint density at radius 2 is 1.09 bits per heavy atom. The van der Waals surface area contributed by atoms with E-state index in [9.17, 15) is 0 Å². The van der Waals surface area contributed by atoms with Gasteiger partial charge in [-0.1, -0.05) is 84.9 Å². The Balaban J connectivity index is 2.17. The Morgan fingerprint density at radius 3 is 1.39 bits per heavy atom. The van der Waals surface area contributed by atoms with Crippen molar-refractivity contribution in [3.8, 4) is 11.1 Å². The molecule has 0 bridgehead atoms. The summed E-state index contributed by atoms with van der Waals surface area (Å²) in [5, 5.41) is 0. The molecule has 0 atom stereocenters. The maximum atomic E-state index is 2.46. The highest BCUT2D eigenvalue weighted by Crippen LogP contribution is 2.48. The van der Waals surface area contributed by atoms with Gasteiger partial charge in [0, 0.05) is 5.92 Å². The van der Waals surface area contributed by atoms with Gasteiger partial charge in [-0.05, 0) is 50.6 Å². The van der Waals surface area contributed by atoms with Gasteiger partial charge in [0.05, 0.1) is 0 Å². The van der Waals surface area contributed by atoms with E-state index in [4.69, 9.17) is 0 Å². The lowest BCUT2D eigenvalue weighted by atomic mass is 9.83. The SMILES string of the molecule is CCC1c2cc(C(C)(C)C)ccc2-c2ccc(C(C)(C)C)cc21. The molecule has 0 aromatic heterocycles. The molecule has 0 aliphatic heterocycles. The van der Waals surface area contributed by atoms with Gasteiger partial charge in [0.15, 0.2) is 0 Å². The lowest BCUT2D eigenvalue weighted by Gasteiger charge is -2.22. The summed E-state index contributed by atoms with van der Waals surface area (Å²) in [4.78, 5) is 0. The molecular weight excluding hydrogens is 276 g/mol. The number of hydrogen-bond donors (Lipinski definition) is 0. The molecule has 122 valence electrons. The first-order chi connectivity index (χ1) is 10.6. The van der Waals surface area contributed by atoms with Crippen molar-refractivity contribution in [1.82, 2.24) is 0 Å². The molecule has 0 heteroatoms. The maximum Gasteiger partial charge on any atom is 0.00992 e. The average molecular weight is 306 g/mol. The van der Waals surface area contributed by atoms with Crippen LogP contribution >= 0.6 is 0 Å². The molecule has 1 aliphatic rings. The molecular formula is C23H30. The summed E-state index contributed by atoms with van der Waals surface area (Å²) in [5.41, 5.74) is 9.25. The molecule has 0 saturated heterocycles. The first kappa shape index (κ1) is 16.3. The molecule has 0 fully saturated rings. The third-order valence-electron chi connectivity index (χ3n) is 5.28. The number of rotatable bonds is 1. The van der Waals surface area contributed by atoms with Gasteiger partial charge in [-0.25, -0.2) is 0 Å². The standard InChI is InChI=1S/C23H30/c1-8-17-20-13-15(22(2,3)4)9-11-18(20)19-12-10-16(14-21(17)19)23(5,6)7/h9-14,17H,8H2,1-7H3. The average Bonchev–Trinajstić information content (AvgIpc) is 2.77. The summed E-state index contributed by atoms with van der Waals surface area (Å²) in [6.07, 6.45) is 1.17. The Hall–Kier alpha value is -1.56. The zero-order valence-electron chi connectivity index (χ0n) is 15.7. The molecule has 0 amide bonds. The van der Waals surface area contributed by atoms with Crippen molar-refractivity contribution in [3.05, 3.63) is 58.7 Å². The second-order valence-corrected chi connectivity index (χ2v) is 9.06. The Kier molecular flexibility index (Phi) is 3.71. The molecule has 0 heterocycles. The second-order valence-electron chi connectivity index (χ2n) is 9.06. The monoisotopic (exact) mass is 306 g/mol. The van der Waals surface area contributed by atoms with E-state index in [1.807, 2.05) is 0 Å². The van der Waals surface area contributed by atoms with Gasteiger partial charge in [-0.2, -0.15) is 0 Å². The van der Waals surface area contributed by atoms with Crippen LogP contribution in [-0.2, 0) is 10.8 Å². The number of fused-ring (bicyclic) bond motifs is 3. The van der Waals surface area contributed by atoms with Gasteiger partial charge in [-0.3, -0.25) is 0 Å². The first-order valence-electron chi connectivity index (χ1n) is 8.92. The third-order valence-corrected chi connectivity index (χ3v) is 5.28. The van der Waals surface area contributed by atoms with Crippen molar-refractivity contribution in [1.29, 1.82) is 0 Å². The van der Waals surface area contributed by atoms with E-state index >= 15 is 0 Å². The van der Waals surface area contributed by atoms with Crippen LogP contribution in [0.25, 0.3) is 11.1 Å². The fourth-order valence-corrected chi connectivity index (χ4v) is 3.73. The van der Waals surface area contributed by atoms with Crippen LogP contribution in [0, 0.1) is 0 Å². The minimum absolute atomic E-state index is 0.207. The Morgan fingerprint density at radius 1 is 0.696 bits per heavy atom. The zero-order chi connectivity index (χ0) is 17.0. The fraction of sp³-hybridized carbons (Fsp3) is 0.478. The van der Waals surface area contributed by atoms with Crippen molar-refractivity contribution in [2.75, 3.05) is 0 Å². The van der Waals surface area contributed by atoms with Crippen LogP contribution in [0.2, 0.25) is 0 Å². The molecule has 2 aromatic carbocycles. The van der Waals surface area contributed by atoms with Crippen molar-refractivity contribution in [3.63, 3.8) is 0 Å². The number of hydrogen-bond acceptors (Lipinski definition) is 0. The summed E-state index contributed by atoms with van der Waals surface area (Å²) in [5.74, 6) is 0.546. The molecule has 0 saturated carbocycles. The van der Waals surface area contributed by atoms with E-state index in [1.165, 1.54) is 39.8 Å². The summed E-state index contributed by atoms with van der Waals surface area (Å²) >= 11 is 0. The van der Waals surface area contributed by atoms with Crippen LogP contribution in [0.1, 0.15) is 83.1 Å². The zero-order valence-corrected chi connectivity index (χ0v) is 15.7.